The average Bonchev–Trinajstić information content (AvgIpc) is 2.63. The summed E-state index contributed by atoms with van der Waals surface area (Å²) in [5.74, 6) is 1.22. The van der Waals surface area contributed by atoms with Crippen LogP contribution in [0.5, 0.6) is 0 Å². The summed E-state index contributed by atoms with van der Waals surface area (Å²) in [4.78, 5) is 15.5. The van der Waals surface area contributed by atoms with Crippen LogP contribution in [0.1, 0.15) is 45.4 Å². The molecule has 1 N–H and O–H groups in total. The molecule has 0 saturated heterocycles. The summed E-state index contributed by atoms with van der Waals surface area (Å²) < 4.78 is 2.15. The number of amides is 1. The lowest BCUT2D eigenvalue weighted by Crippen LogP contribution is -2.29. The van der Waals surface area contributed by atoms with Crippen LogP contribution in [-0.2, 0) is 11.3 Å². The molecule has 0 aliphatic heterocycles. The Hall–Kier alpha value is -1.32. The second-order valence-electron chi connectivity index (χ2n) is 4.70. The number of rotatable bonds is 7. The summed E-state index contributed by atoms with van der Waals surface area (Å²) in [6.07, 6.45) is 7.62. The fourth-order valence-corrected chi connectivity index (χ4v) is 1.78. The number of unbranched alkanes of at least 4 members (excludes halogenated alkanes) is 2. The maximum absolute atomic E-state index is 11.4. The fourth-order valence-electron chi connectivity index (χ4n) is 1.78. The van der Waals surface area contributed by atoms with Gasteiger partial charge in [-0.2, -0.15) is 0 Å². The summed E-state index contributed by atoms with van der Waals surface area (Å²) in [5.41, 5.74) is 0. The van der Waals surface area contributed by atoms with Crippen LogP contribution in [0.2, 0.25) is 0 Å². The molecule has 0 aliphatic rings. The molecule has 4 heteroatoms. The van der Waals surface area contributed by atoms with Crippen LogP contribution in [0.15, 0.2) is 12.4 Å². The molecule has 0 bridgehead atoms. The van der Waals surface area contributed by atoms with Gasteiger partial charge in [0, 0.05) is 31.4 Å². The van der Waals surface area contributed by atoms with E-state index in [1.807, 2.05) is 33.2 Å². The minimum Gasteiger partial charge on any atom is -0.354 e. The van der Waals surface area contributed by atoms with E-state index in [1.54, 1.807) is 0 Å². The minimum atomic E-state index is 0.166. The Labute approximate surface area is 103 Å². The summed E-state index contributed by atoms with van der Waals surface area (Å²) in [6, 6.07) is 0.246. The highest BCUT2D eigenvalue weighted by molar-refractivity contribution is 5.76. The van der Waals surface area contributed by atoms with Crippen molar-refractivity contribution >= 4 is 5.91 Å². The number of aryl methyl sites for hydroxylation is 2. The van der Waals surface area contributed by atoms with E-state index in [4.69, 9.17) is 0 Å². The minimum absolute atomic E-state index is 0.166. The van der Waals surface area contributed by atoms with Crippen LogP contribution in [0.25, 0.3) is 0 Å². The fraction of sp³-hybridized carbons (Fsp3) is 0.692. The topological polar surface area (TPSA) is 46.9 Å². The number of aromatic nitrogens is 2. The lowest BCUT2D eigenvalue weighted by Gasteiger charge is -2.08. The molecule has 1 aromatic rings. The molecule has 0 unspecified atom stereocenters. The van der Waals surface area contributed by atoms with E-state index in [9.17, 15) is 4.79 Å². The van der Waals surface area contributed by atoms with Crippen molar-refractivity contribution in [3.63, 3.8) is 0 Å². The standard InChI is InChI=1S/C13H23N3O/c1-11(2)15-13(17)7-5-4-6-9-16-10-8-14-12(16)3/h8,10-11H,4-7,9H2,1-3H3,(H,15,17). The first-order chi connectivity index (χ1) is 8.09. The Morgan fingerprint density at radius 3 is 2.76 bits per heavy atom. The number of hydrogen-bond acceptors (Lipinski definition) is 2. The molecule has 0 saturated carbocycles. The van der Waals surface area contributed by atoms with E-state index in [1.165, 1.54) is 0 Å². The second kappa shape index (κ2) is 7.09. The van der Waals surface area contributed by atoms with Crippen LogP contribution < -0.4 is 5.32 Å². The van der Waals surface area contributed by atoms with E-state index in [2.05, 4.69) is 14.9 Å². The zero-order valence-corrected chi connectivity index (χ0v) is 11.1. The summed E-state index contributed by atoms with van der Waals surface area (Å²) in [5, 5.41) is 2.90. The molecule has 1 heterocycles. The summed E-state index contributed by atoms with van der Waals surface area (Å²) >= 11 is 0. The third kappa shape index (κ3) is 5.52. The predicted molar refractivity (Wildman–Crippen MR) is 68.7 cm³/mol. The molecule has 4 nitrogen and oxygen atoms in total. The quantitative estimate of drug-likeness (QED) is 0.739. The number of imidazole rings is 1. The van der Waals surface area contributed by atoms with Crippen molar-refractivity contribution in [2.24, 2.45) is 0 Å². The highest BCUT2D eigenvalue weighted by Gasteiger charge is 2.02. The third-order valence-corrected chi connectivity index (χ3v) is 2.68. The highest BCUT2D eigenvalue weighted by Crippen LogP contribution is 2.04. The van der Waals surface area contributed by atoms with E-state index in [-0.39, 0.29) is 11.9 Å². The number of nitrogens with one attached hydrogen (secondary N) is 1. The van der Waals surface area contributed by atoms with E-state index in [0.29, 0.717) is 6.42 Å². The Morgan fingerprint density at radius 1 is 1.41 bits per heavy atom. The van der Waals surface area contributed by atoms with Gasteiger partial charge >= 0.3 is 0 Å². The molecule has 0 atom stereocenters. The molecule has 96 valence electrons. The van der Waals surface area contributed by atoms with Gasteiger partial charge in [0.15, 0.2) is 0 Å². The predicted octanol–water partition coefficient (Wildman–Crippen LogP) is 2.28. The Bertz CT molecular complexity index is 344. The van der Waals surface area contributed by atoms with Gasteiger partial charge in [0.2, 0.25) is 5.91 Å². The number of carbonyl (C=O) groups is 1. The van der Waals surface area contributed by atoms with Crippen molar-refractivity contribution in [1.29, 1.82) is 0 Å². The first kappa shape index (κ1) is 13.7. The van der Waals surface area contributed by atoms with Crippen LogP contribution in [0.4, 0.5) is 0 Å². The van der Waals surface area contributed by atoms with Gasteiger partial charge in [-0.05, 0) is 33.6 Å². The number of nitrogens with zero attached hydrogens (tertiary/aromatic N) is 2. The van der Waals surface area contributed by atoms with Gasteiger partial charge in [-0.15, -0.1) is 0 Å². The first-order valence-corrected chi connectivity index (χ1v) is 6.36. The third-order valence-electron chi connectivity index (χ3n) is 2.68. The number of hydrogen-bond donors (Lipinski definition) is 1. The van der Waals surface area contributed by atoms with Crippen LogP contribution in [0, 0.1) is 6.92 Å². The molecule has 0 aromatic carbocycles. The van der Waals surface area contributed by atoms with Gasteiger partial charge in [-0.1, -0.05) is 6.42 Å². The van der Waals surface area contributed by atoms with E-state index < -0.39 is 0 Å². The Kier molecular flexibility index (Phi) is 5.73. The molecular formula is C13H23N3O. The maximum atomic E-state index is 11.4. The lowest BCUT2D eigenvalue weighted by molar-refractivity contribution is -0.121. The van der Waals surface area contributed by atoms with Crippen LogP contribution in [-0.4, -0.2) is 21.5 Å². The Balaban J connectivity index is 2.05. The summed E-state index contributed by atoms with van der Waals surface area (Å²) in [6.45, 7) is 6.98. The smallest absolute Gasteiger partial charge is 0.220 e. The second-order valence-corrected chi connectivity index (χ2v) is 4.70. The Morgan fingerprint density at radius 2 is 2.18 bits per heavy atom. The zero-order chi connectivity index (χ0) is 12.7. The summed E-state index contributed by atoms with van der Waals surface area (Å²) in [7, 11) is 0. The van der Waals surface area contributed by atoms with Crippen LogP contribution >= 0.6 is 0 Å². The molecular weight excluding hydrogens is 214 g/mol. The normalized spacial score (nSPS) is 10.8. The molecule has 0 spiro atoms. The van der Waals surface area contributed by atoms with Crippen molar-refractivity contribution in [3.8, 4) is 0 Å². The molecule has 0 radical (unpaired) electrons. The maximum Gasteiger partial charge on any atom is 0.220 e. The van der Waals surface area contributed by atoms with Crippen molar-refractivity contribution in [2.75, 3.05) is 0 Å². The SMILES string of the molecule is Cc1nccn1CCCCCC(=O)NC(C)C. The molecule has 1 amide bonds. The van der Waals surface area contributed by atoms with Gasteiger partial charge in [-0.3, -0.25) is 4.79 Å². The van der Waals surface area contributed by atoms with E-state index >= 15 is 0 Å². The number of carbonyl (C=O) groups excluding carboxylic acids is 1. The lowest BCUT2D eigenvalue weighted by atomic mass is 10.2. The first-order valence-electron chi connectivity index (χ1n) is 6.36. The van der Waals surface area contributed by atoms with Gasteiger partial charge in [0.25, 0.3) is 0 Å². The molecule has 17 heavy (non-hydrogen) atoms. The monoisotopic (exact) mass is 237 g/mol. The highest BCUT2D eigenvalue weighted by atomic mass is 16.1. The van der Waals surface area contributed by atoms with E-state index in [0.717, 1.165) is 31.6 Å². The van der Waals surface area contributed by atoms with Crippen LogP contribution in [0.3, 0.4) is 0 Å². The van der Waals surface area contributed by atoms with Crippen molar-refractivity contribution < 1.29 is 4.79 Å². The molecule has 0 fully saturated rings. The van der Waals surface area contributed by atoms with Gasteiger partial charge in [-0.25, -0.2) is 4.98 Å². The van der Waals surface area contributed by atoms with Gasteiger partial charge < -0.3 is 9.88 Å². The zero-order valence-electron chi connectivity index (χ0n) is 11.1. The molecule has 1 aromatic heterocycles. The van der Waals surface area contributed by atoms with Gasteiger partial charge in [0.1, 0.15) is 5.82 Å². The molecule has 1 rings (SSSR count). The molecule has 0 aliphatic carbocycles. The van der Waals surface area contributed by atoms with Crippen molar-refractivity contribution in [2.45, 2.75) is 59.0 Å². The average molecular weight is 237 g/mol. The van der Waals surface area contributed by atoms with Crippen molar-refractivity contribution in [1.82, 2.24) is 14.9 Å². The van der Waals surface area contributed by atoms with Gasteiger partial charge in [0.05, 0.1) is 0 Å². The van der Waals surface area contributed by atoms with Crippen molar-refractivity contribution in [3.05, 3.63) is 18.2 Å². The largest absolute Gasteiger partial charge is 0.354 e.